The Labute approximate surface area is 101 Å². The molecule has 2 rings (SSSR count). The molecule has 0 radical (unpaired) electrons. The van der Waals surface area contributed by atoms with Crippen LogP contribution in [0.2, 0.25) is 0 Å². The van der Waals surface area contributed by atoms with Crippen LogP contribution >= 0.6 is 0 Å². The number of aromatic nitrogens is 3. The van der Waals surface area contributed by atoms with E-state index in [4.69, 9.17) is 15.7 Å². The van der Waals surface area contributed by atoms with Crippen molar-refractivity contribution in [3.8, 4) is 0 Å². The average Bonchev–Trinajstić information content (AvgIpc) is 2.66. The molecule has 0 saturated carbocycles. The van der Waals surface area contributed by atoms with Gasteiger partial charge in [-0.25, -0.2) is 15.6 Å². The quantitative estimate of drug-likeness (QED) is 0.275. The van der Waals surface area contributed by atoms with Crippen LogP contribution in [0, 0.1) is 0 Å². The van der Waals surface area contributed by atoms with E-state index in [1.807, 2.05) is 0 Å². The fourth-order valence-electron chi connectivity index (χ4n) is 1.70. The van der Waals surface area contributed by atoms with Gasteiger partial charge in [-0.3, -0.25) is 9.99 Å². The fraction of sp³-hybridized carbons (Fsp3) is 0.625. The lowest BCUT2D eigenvalue weighted by atomic mass is 10.1. The minimum atomic E-state index is -1.36. The van der Waals surface area contributed by atoms with Crippen molar-refractivity contribution in [2.24, 2.45) is 5.84 Å². The van der Waals surface area contributed by atoms with Gasteiger partial charge < -0.3 is 20.1 Å². The lowest BCUT2D eigenvalue weighted by Crippen LogP contribution is -2.36. The lowest BCUT2D eigenvalue weighted by molar-refractivity contribution is -0.0554. The highest BCUT2D eigenvalue weighted by molar-refractivity contribution is 5.17. The summed E-state index contributed by atoms with van der Waals surface area (Å²) in [5, 5.41) is 28.2. The molecule has 1 aliphatic rings. The average molecular weight is 259 g/mol. The van der Waals surface area contributed by atoms with Crippen molar-refractivity contribution >= 4 is 5.95 Å². The number of ether oxygens (including phenoxy) is 1. The summed E-state index contributed by atoms with van der Waals surface area (Å²) < 4.78 is 6.06. The fourth-order valence-corrected chi connectivity index (χ4v) is 1.70. The lowest BCUT2D eigenvalue weighted by Gasteiger charge is -2.16. The van der Waals surface area contributed by atoms with E-state index in [0.717, 1.165) is 10.9 Å². The summed E-state index contributed by atoms with van der Waals surface area (Å²) >= 11 is 0. The Kier molecular flexibility index (Phi) is 3.54. The monoisotopic (exact) mass is 259 g/mol. The predicted octanol–water partition coefficient (Wildman–Crippen LogP) is -3.46. The number of aliphatic hydroxyl groups is 3. The molecule has 4 atom stereocenters. The minimum Gasteiger partial charge on any atom is -0.394 e. The van der Waals surface area contributed by atoms with E-state index < -0.39 is 36.8 Å². The molecule has 0 spiro atoms. The van der Waals surface area contributed by atoms with Crippen molar-refractivity contribution in [2.45, 2.75) is 24.5 Å². The number of nitrogens with zero attached hydrogens (tertiary/aromatic N) is 3. The van der Waals surface area contributed by atoms with Crippen molar-refractivity contribution in [2.75, 3.05) is 12.0 Å². The van der Waals surface area contributed by atoms with Crippen LogP contribution in [0.3, 0.4) is 0 Å². The van der Waals surface area contributed by atoms with E-state index in [9.17, 15) is 15.0 Å². The van der Waals surface area contributed by atoms with Crippen LogP contribution in [0.5, 0.6) is 0 Å². The highest BCUT2D eigenvalue weighted by atomic mass is 16.6. The van der Waals surface area contributed by atoms with E-state index in [0.29, 0.717) is 0 Å². The van der Waals surface area contributed by atoms with Crippen molar-refractivity contribution in [1.29, 1.82) is 0 Å². The molecule has 0 unspecified atom stereocenters. The van der Waals surface area contributed by atoms with Gasteiger partial charge >= 0.3 is 5.69 Å². The van der Waals surface area contributed by atoms with E-state index >= 15 is 0 Å². The Morgan fingerprint density at radius 3 is 2.72 bits per heavy atom. The van der Waals surface area contributed by atoms with Gasteiger partial charge in [0.1, 0.15) is 24.6 Å². The number of hydrogen-bond donors (Lipinski definition) is 5. The highest BCUT2D eigenvalue weighted by Gasteiger charge is 2.43. The first kappa shape index (κ1) is 12.9. The molecule has 18 heavy (non-hydrogen) atoms. The molecule has 10 heteroatoms. The van der Waals surface area contributed by atoms with Gasteiger partial charge in [0.2, 0.25) is 5.95 Å². The van der Waals surface area contributed by atoms with Crippen LogP contribution in [-0.4, -0.2) is 54.8 Å². The Morgan fingerprint density at radius 1 is 1.50 bits per heavy atom. The van der Waals surface area contributed by atoms with Crippen LogP contribution in [0.4, 0.5) is 5.95 Å². The first-order chi connectivity index (χ1) is 8.58. The number of nitrogen functional groups attached to an aromatic ring is 1. The smallest absolute Gasteiger partial charge is 0.354 e. The zero-order valence-corrected chi connectivity index (χ0v) is 9.17. The number of nitrogens with two attached hydrogens (primary N) is 1. The standard InChI is InChI=1S/C8H13N5O5/c9-12-7-10-2-13(8(17)11-7)6-5(16)4(15)3(1-14)18-6/h2-6,14-16H,1,9H2,(H,11,12,17)/t3-,4-,5-,6-/m1/s1. The molecule has 6 N–H and O–H groups in total. The van der Waals surface area contributed by atoms with Crippen molar-refractivity contribution in [1.82, 2.24) is 14.5 Å². The molecule has 1 aromatic heterocycles. The zero-order valence-electron chi connectivity index (χ0n) is 9.17. The zero-order chi connectivity index (χ0) is 13.3. The number of hydrazine groups is 1. The Bertz CT molecular complexity index is 479. The van der Waals surface area contributed by atoms with E-state index in [1.165, 1.54) is 0 Å². The Morgan fingerprint density at radius 2 is 2.22 bits per heavy atom. The molecular formula is C8H13N5O5. The van der Waals surface area contributed by atoms with Gasteiger partial charge in [0.05, 0.1) is 6.61 Å². The van der Waals surface area contributed by atoms with Crippen LogP contribution in [0.25, 0.3) is 0 Å². The van der Waals surface area contributed by atoms with E-state index in [-0.39, 0.29) is 5.95 Å². The summed E-state index contributed by atoms with van der Waals surface area (Å²) in [6.07, 6.45) is -3.70. The largest absolute Gasteiger partial charge is 0.394 e. The predicted molar refractivity (Wildman–Crippen MR) is 57.1 cm³/mol. The van der Waals surface area contributed by atoms with Crippen LogP contribution in [0.1, 0.15) is 6.23 Å². The van der Waals surface area contributed by atoms with Crippen molar-refractivity contribution in [3.05, 3.63) is 16.8 Å². The third-order valence-corrected chi connectivity index (χ3v) is 2.65. The highest BCUT2D eigenvalue weighted by Crippen LogP contribution is 2.27. The van der Waals surface area contributed by atoms with Gasteiger partial charge in [-0.15, -0.1) is 0 Å². The number of hydrogen-bond acceptors (Lipinski definition) is 9. The van der Waals surface area contributed by atoms with Gasteiger partial charge in [-0.1, -0.05) is 0 Å². The van der Waals surface area contributed by atoms with Crippen molar-refractivity contribution in [3.63, 3.8) is 0 Å². The molecule has 2 heterocycles. The van der Waals surface area contributed by atoms with Gasteiger partial charge in [0.25, 0.3) is 0 Å². The molecule has 1 aliphatic heterocycles. The van der Waals surface area contributed by atoms with E-state index in [1.54, 1.807) is 0 Å². The topological polar surface area (TPSA) is 156 Å². The first-order valence-corrected chi connectivity index (χ1v) is 5.12. The summed E-state index contributed by atoms with van der Waals surface area (Å²) in [7, 11) is 0. The second kappa shape index (κ2) is 4.96. The SMILES string of the molecule is NNc1ncn([C@@H]2O[C@H](CO)[C@@H](O)[C@H]2O)c(=O)n1. The summed E-state index contributed by atoms with van der Waals surface area (Å²) in [6, 6.07) is 0. The Balaban J connectivity index is 2.30. The van der Waals surface area contributed by atoms with Gasteiger partial charge in [-0.05, 0) is 0 Å². The molecule has 0 amide bonds. The van der Waals surface area contributed by atoms with Crippen molar-refractivity contribution < 1.29 is 20.1 Å². The second-order valence-electron chi connectivity index (χ2n) is 3.74. The maximum absolute atomic E-state index is 11.6. The van der Waals surface area contributed by atoms with Crippen LogP contribution in [-0.2, 0) is 4.74 Å². The minimum absolute atomic E-state index is 0.0806. The maximum atomic E-state index is 11.6. The molecule has 10 nitrogen and oxygen atoms in total. The molecular weight excluding hydrogens is 246 g/mol. The Hall–Kier alpha value is -1.59. The molecule has 0 bridgehead atoms. The molecule has 1 aromatic rings. The molecule has 1 fully saturated rings. The maximum Gasteiger partial charge on any atom is 0.354 e. The number of aliphatic hydroxyl groups excluding tert-OH is 3. The molecule has 0 aliphatic carbocycles. The van der Waals surface area contributed by atoms with Gasteiger partial charge in [0, 0.05) is 0 Å². The second-order valence-corrected chi connectivity index (χ2v) is 3.74. The van der Waals surface area contributed by atoms with Gasteiger partial charge in [-0.2, -0.15) is 4.98 Å². The molecule has 1 saturated heterocycles. The molecule has 0 aromatic carbocycles. The molecule has 100 valence electrons. The first-order valence-electron chi connectivity index (χ1n) is 5.12. The van der Waals surface area contributed by atoms with E-state index in [2.05, 4.69) is 15.4 Å². The summed E-state index contributed by atoms with van der Waals surface area (Å²) in [4.78, 5) is 18.8. The van der Waals surface area contributed by atoms with Gasteiger partial charge in [0.15, 0.2) is 6.23 Å². The number of nitrogens with one attached hydrogen (secondary N) is 1. The number of rotatable bonds is 3. The summed E-state index contributed by atoms with van der Waals surface area (Å²) in [5.41, 5.74) is 1.34. The number of anilines is 1. The normalized spacial score (nSPS) is 31.6. The third kappa shape index (κ3) is 2.07. The third-order valence-electron chi connectivity index (χ3n) is 2.65. The van der Waals surface area contributed by atoms with Crippen LogP contribution < -0.4 is 17.0 Å². The van der Waals surface area contributed by atoms with Crippen LogP contribution in [0.15, 0.2) is 11.1 Å². The summed E-state index contributed by atoms with van der Waals surface area (Å²) in [6.45, 7) is -0.479. The summed E-state index contributed by atoms with van der Waals surface area (Å²) in [5.74, 6) is 4.96.